The van der Waals surface area contributed by atoms with Crippen molar-refractivity contribution in [3.8, 4) is 28.7 Å². The molecule has 9 heteroatoms. The first kappa shape index (κ1) is 20.9. The van der Waals surface area contributed by atoms with Crippen LogP contribution in [0.15, 0.2) is 71.4 Å². The number of nitrogens with zero attached hydrogens (tertiary/aromatic N) is 6. The van der Waals surface area contributed by atoms with Crippen LogP contribution in [-0.2, 0) is 4.79 Å². The van der Waals surface area contributed by atoms with Crippen LogP contribution in [0.5, 0.6) is 5.75 Å². The van der Waals surface area contributed by atoms with Crippen LogP contribution in [0.3, 0.4) is 0 Å². The molecule has 168 valence electrons. The summed E-state index contributed by atoms with van der Waals surface area (Å²) in [7, 11) is 0. The van der Waals surface area contributed by atoms with E-state index >= 15 is 0 Å². The zero-order valence-electron chi connectivity index (χ0n) is 18.2. The van der Waals surface area contributed by atoms with Gasteiger partial charge in [0.15, 0.2) is 11.8 Å². The van der Waals surface area contributed by atoms with Crippen LogP contribution < -0.4 is 4.74 Å². The van der Waals surface area contributed by atoms with Crippen LogP contribution >= 0.6 is 0 Å². The molecule has 0 saturated carbocycles. The number of amides is 1. The molecule has 1 atom stereocenters. The Morgan fingerprint density at radius 2 is 1.76 bits per heavy atom. The monoisotopic (exact) mass is 444 g/mol. The molecule has 9 nitrogen and oxygen atoms in total. The van der Waals surface area contributed by atoms with Gasteiger partial charge in [-0.3, -0.25) is 4.79 Å². The number of likely N-dealkylation sites (tertiary alicyclic amines) is 1. The van der Waals surface area contributed by atoms with Crippen molar-refractivity contribution >= 4 is 5.91 Å². The fourth-order valence-corrected chi connectivity index (χ4v) is 3.95. The normalized spacial score (nSPS) is 15.4. The molecule has 4 aromatic rings. The van der Waals surface area contributed by atoms with Crippen LogP contribution in [0, 0.1) is 0 Å². The zero-order chi connectivity index (χ0) is 22.6. The summed E-state index contributed by atoms with van der Waals surface area (Å²) in [5.74, 6) is 1.54. The van der Waals surface area contributed by atoms with Gasteiger partial charge in [-0.1, -0.05) is 58.9 Å². The van der Waals surface area contributed by atoms with E-state index < -0.39 is 6.10 Å². The van der Waals surface area contributed by atoms with Gasteiger partial charge in [0.25, 0.3) is 11.8 Å². The highest BCUT2D eigenvalue weighted by molar-refractivity contribution is 5.81. The minimum atomic E-state index is -0.529. The van der Waals surface area contributed by atoms with Crippen molar-refractivity contribution in [2.45, 2.75) is 31.9 Å². The molecule has 0 unspecified atom stereocenters. The molecule has 0 N–H and O–H groups in total. The van der Waals surface area contributed by atoms with Crippen LogP contribution in [0.25, 0.3) is 23.0 Å². The average molecular weight is 444 g/mol. The summed E-state index contributed by atoms with van der Waals surface area (Å²) >= 11 is 0. The fraction of sp³-hybridized carbons (Fsp3) is 0.292. The van der Waals surface area contributed by atoms with Crippen molar-refractivity contribution in [1.82, 2.24) is 30.0 Å². The summed E-state index contributed by atoms with van der Waals surface area (Å²) in [4.78, 5) is 19.1. The highest BCUT2D eigenvalue weighted by Gasteiger charge is 2.28. The summed E-state index contributed by atoms with van der Waals surface area (Å²) < 4.78 is 13.0. The van der Waals surface area contributed by atoms with Gasteiger partial charge in [-0.25, -0.2) is 4.68 Å². The van der Waals surface area contributed by atoms with E-state index in [0.29, 0.717) is 36.2 Å². The van der Waals surface area contributed by atoms with E-state index in [1.54, 1.807) is 6.92 Å². The molecule has 3 heterocycles. The third-order valence-electron chi connectivity index (χ3n) is 5.74. The van der Waals surface area contributed by atoms with Crippen molar-refractivity contribution in [2.24, 2.45) is 0 Å². The van der Waals surface area contributed by atoms with Crippen LogP contribution in [0.1, 0.15) is 25.8 Å². The summed E-state index contributed by atoms with van der Waals surface area (Å²) in [5, 5.41) is 12.5. The summed E-state index contributed by atoms with van der Waals surface area (Å²) in [6.07, 6.45) is 2.86. The van der Waals surface area contributed by atoms with Crippen molar-refractivity contribution in [2.75, 3.05) is 13.1 Å². The maximum absolute atomic E-state index is 12.8. The van der Waals surface area contributed by atoms with E-state index in [2.05, 4.69) is 20.5 Å². The van der Waals surface area contributed by atoms with E-state index in [9.17, 15) is 4.79 Å². The summed E-state index contributed by atoms with van der Waals surface area (Å²) in [6, 6.07) is 19.2. The van der Waals surface area contributed by atoms with Gasteiger partial charge < -0.3 is 14.2 Å². The maximum Gasteiger partial charge on any atom is 0.280 e. The second-order valence-electron chi connectivity index (χ2n) is 8.00. The molecule has 1 amide bonds. The third-order valence-corrected chi connectivity index (χ3v) is 5.74. The van der Waals surface area contributed by atoms with Gasteiger partial charge in [0.05, 0.1) is 12.2 Å². The molecule has 1 fully saturated rings. The lowest BCUT2D eigenvalue weighted by Gasteiger charge is -2.33. The highest BCUT2D eigenvalue weighted by Crippen LogP contribution is 2.25. The zero-order valence-corrected chi connectivity index (χ0v) is 18.2. The lowest BCUT2D eigenvalue weighted by molar-refractivity contribution is -0.139. The van der Waals surface area contributed by atoms with Crippen LogP contribution in [0.4, 0.5) is 0 Å². The molecular formula is C24H24N6O3. The summed E-state index contributed by atoms with van der Waals surface area (Å²) in [6.45, 7) is 3.07. The van der Waals surface area contributed by atoms with Crippen molar-refractivity contribution in [1.29, 1.82) is 0 Å². The van der Waals surface area contributed by atoms with Gasteiger partial charge in [0, 0.05) is 18.7 Å². The molecule has 1 aliphatic rings. The van der Waals surface area contributed by atoms with Gasteiger partial charge in [0.2, 0.25) is 5.82 Å². The number of piperidine rings is 1. The highest BCUT2D eigenvalue weighted by atomic mass is 16.5. The SMILES string of the molecule is C[C@@H](Oc1ccccc1)C(=O)N1CCC(n2cc(-c3nc(-c4ccccc4)no3)nn2)CC1. The number of rotatable bonds is 6. The van der Waals surface area contributed by atoms with Gasteiger partial charge >= 0.3 is 0 Å². The van der Waals surface area contributed by atoms with Crippen LogP contribution in [-0.4, -0.2) is 55.1 Å². The van der Waals surface area contributed by atoms with Crippen molar-refractivity contribution in [3.63, 3.8) is 0 Å². The molecule has 1 aliphatic heterocycles. The molecule has 0 aliphatic carbocycles. The first-order valence-electron chi connectivity index (χ1n) is 11.0. The molecule has 2 aromatic carbocycles. The van der Waals surface area contributed by atoms with Crippen molar-refractivity contribution < 1.29 is 14.1 Å². The first-order chi connectivity index (χ1) is 16.2. The molecule has 0 spiro atoms. The summed E-state index contributed by atoms with van der Waals surface area (Å²) in [5.41, 5.74) is 1.41. The number of carbonyl (C=O) groups excluding carboxylic acids is 1. The number of ether oxygens (including phenoxy) is 1. The fourth-order valence-electron chi connectivity index (χ4n) is 3.95. The Balaban J connectivity index is 1.18. The largest absolute Gasteiger partial charge is 0.481 e. The molecular weight excluding hydrogens is 420 g/mol. The predicted octanol–water partition coefficient (Wildman–Crippen LogP) is 3.63. The number of para-hydroxylation sites is 1. The quantitative estimate of drug-likeness (QED) is 0.448. The topological polar surface area (TPSA) is 99.2 Å². The number of benzene rings is 2. The minimum absolute atomic E-state index is 0.00381. The Labute approximate surface area is 191 Å². The van der Waals surface area contributed by atoms with Gasteiger partial charge in [0.1, 0.15) is 5.75 Å². The smallest absolute Gasteiger partial charge is 0.280 e. The standard InChI is InChI=1S/C24H24N6O3/c1-17(32-20-10-6-3-7-11-20)24(31)29-14-12-19(13-15-29)30-16-21(26-28-30)23-25-22(27-33-23)18-8-4-2-5-9-18/h2-11,16-17,19H,12-15H2,1H3/t17-/m1/s1. The predicted molar refractivity (Wildman–Crippen MR) is 120 cm³/mol. The van der Waals surface area contributed by atoms with E-state index in [1.165, 1.54) is 0 Å². The van der Waals surface area contributed by atoms with E-state index in [4.69, 9.17) is 9.26 Å². The third kappa shape index (κ3) is 4.62. The van der Waals surface area contributed by atoms with Crippen LogP contribution in [0.2, 0.25) is 0 Å². The van der Waals surface area contributed by atoms with Gasteiger partial charge in [-0.05, 0) is 31.9 Å². The Morgan fingerprint density at radius 1 is 1.06 bits per heavy atom. The number of hydrogen-bond donors (Lipinski definition) is 0. The molecule has 5 rings (SSSR count). The Hall–Kier alpha value is -4.01. The maximum atomic E-state index is 12.8. The Kier molecular flexibility index (Phi) is 5.84. The number of aromatic nitrogens is 5. The second-order valence-corrected chi connectivity index (χ2v) is 8.00. The average Bonchev–Trinajstić information content (AvgIpc) is 3.55. The van der Waals surface area contributed by atoms with Gasteiger partial charge in [-0.2, -0.15) is 4.98 Å². The lowest BCUT2D eigenvalue weighted by Crippen LogP contribution is -2.45. The first-order valence-corrected chi connectivity index (χ1v) is 11.0. The van der Waals surface area contributed by atoms with Crippen molar-refractivity contribution in [3.05, 3.63) is 66.9 Å². The van der Waals surface area contributed by atoms with E-state index in [-0.39, 0.29) is 11.9 Å². The van der Waals surface area contributed by atoms with E-state index in [1.807, 2.05) is 76.4 Å². The second kappa shape index (κ2) is 9.23. The molecule has 33 heavy (non-hydrogen) atoms. The minimum Gasteiger partial charge on any atom is -0.481 e. The lowest BCUT2D eigenvalue weighted by atomic mass is 10.0. The Morgan fingerprint density at radius 3 is 2.48 bits per heavy atom. The van der Waals surface area contributed by atoms with Gasteiger partial charge in [-0.15, -0.1) is 5.10 Å². The molecule has 0 radical (unpaired) electrons. The molecule has 0 bridgehead atoms. The van der Waals surface area contributed by atoms with E-state index in [0.717, 1.165) is 18.4 Å². The number of hydrogen-bond acceptors (Lipinski definition) is 7. The molecule has 2 aromatic heterocycles. The Bertz CT molecular complexity index is 1200. The number of carbonyl (C=O) groups is 1. The molecule has 1 saturated heterocycles.